The lowest BCUT2D eigenvalue weighted by atomic mass is 10.1. The molecule has 0 bridgehead atoms. The maximum atomic E-state index is 12.6. The first kappa shape index (κ1) is 20.1. The molecule has 0 unspecified atom stereocenters. The molecule has 31 heavy (non-hydrogen) atoms. The number of fused-ring (bicyclic) bond motifs is 1. The second kappa shape index (κ2) is 7.91. The van der Waals surface area contributed by atoms with Gasteiger partial charge in [0.2, 0.25) is 0 Å². The normalized spacial score (nSPS) is 10.8. The molecule has 0 saturated heterocycles. The lowest BCUT2D eigenvalue weighted by Gasteiger charge is -2.10. The van der Waals surface area contributed by atoms with Gasteiger partial charge < -0.3 is 14.8 Å². The van der Waals surface area contributed by atoms with E-state index in [-0.39, 0.29) is 16.7 Å². The molecule has 0 spiro atoms. The average molecular weight is 413 g/mol. The Bertz CT molecular complexity index is 1380. The van der Waals surface area contributed by atoms with Crippen molar-refractivity contribution in [3.63, 3.8) is 0 Å². The number of aromatic carboxylic acids is 1. The zero-order valence-corrected chi connectivity index (χ0v) is 16.9. The van der Waals surface area contributed by atoms with E-state index in [0.29, 0.717) is 27.9 Å². The van der Waals surface area contributed by atoms with Crippen LogP contribution in [-0.4, -0.2) is 17.0 Å². The van der Waals surface area contributed by atoms with Crippen molar-refractivity contribution in [3.05, 3.63) is 99.2 Å². The van der Waals surface area contributed by atoms with E-state index in [4.69, 9.17) is 4.42 Å². The Balaban J connectivity index is 1.61. The molecule has 0 radical (unpaired) electrons. The summed E-state index contributed by atoms with van der Waals surface area (Å²) in [6, 6.07) is 18.2. The second-order valence-electron chi connectivity index (χ2n) is 7.36. The highest BCUT2D eigenvalue weighted by Crippen LogP contribution is 2.24. The van der Waals surface area contributed by atoms with Gasteiger partial charge in [-0.05, 0) is 50.2 Å². The standard InChI is InChI=1S/C25H19NO5/c1-14-3-9-20(18(11-14)25(29)30)26-24(28)17-7-5-16(6-8-17)23-13-21(27)19-12-15(2)4-10-22(19)31-23/h3-13H,1-2H3,(H,26,28)(H,29,30). The predicted molar refractivity (Wildman–Crippen MR) is 119 cm³/mol. The Morgan fingerprint density at radius 1 is 0.871 bits per heavy atom. The van der Waals surface area contributed by atoms with Gasteiger partial charge in [0.15, 0.2) is 5.43 Å². The Morgan fingerprint density at radius 3 is 2.26 bits per heavy atom. The van der Waals surface area contributed by atoms with Crippen LogP contribution < -0.4 is 10.7 Å². The summed E-state index contributed by atoms with van der Waals surface area (Å²) in [6.45, 7) is 3.69. The molecule has 4 rings (SSSR count). The fraction of sp³-hybridized carbons (Fsp3) is 0.0800. The topological polar surface area (TPSA) is 96.6 Å². The van der Waals surface area contributed by atoms with E-state index in [1.54, 1.807) is 55.5 Å². The van der Waals surface area contributed by atoms with Crippen molar-refractivity contribution < 1.29 is 19.1 Å². The Labute approximate surface area is 177 Å². The molecule has 154 valence electrons. The van der Waals surface area contributed by atoms with Crippen LogP contribution in [0.1, 0.15) is 31.8 Å². The van der Waals surface area contributed by atoms with Crippen molar-refractivity contribution in [2.75, 3.05) is 5.32 Å². The van der Waals surface area contributed by atoms with Gasteiger partial charge in [-0.25, -0.2) is 4.79 Å². The minimum absolute atomic E-state index is 0.0261. The maximum Gasteiger partial charge on any atom is 0.337 e. The molecule has 1 aromatic heterocycles. The summed E-state index contributed by atoms with van der Waals surface area (Å²) in [5.74, 6) is -1.15. The number of hydrogen-bond donors (Lipinski definition) is 2. The number of carbonyl (C=O) groups is 2. The summed E-state index contributed by atoms with van der Waals surface area (Å²) in [5, 5.41) is 12.5. The molecule has 0 aliphatic heterocycles. The number of aryl methyl sites for hydroxylation is 2. The third kappa shape index (κ3) is 4.09. The van der Waals surface area contributed by atoms with Crippen molar-refractivity contribution >= 4 is 28.5 Å². The number of anilines is 1. The maximum absolute atomic E-state index is 12.6. The van der Waals surface area contributed by atoms with Gasteiger partial charge in [-0.3, -0.25) is 9.59 Å². The third-order valence-electron chi connectivity index (χ3n) is 4.97. The van der Waals surface area contributed by atoms with Crippen molar-refractivity contribution in [1.29, 1.82) is 0 Å². The van der Waals surface area contributed by atoms with Crippen molar-refractivity contribution in [1.82, 2.24) is 0 Å². The van der Waals surface area contributed by atoms with Gasteiger partial charge in [0, 0.05) is 17.2 Å². The molecule has 0 saturated carbocycles. The number of carbonyl (C=O) groups excluding carboxylic acids is 1. The quantitative estimate of drug-likeness (QED) is 0.489. The summed E-state index contributed by atoms with van der Waals surface area (Å²) in [7, 11) is 0. The van der Waals surface area contributed by atoms with Gasteiger partial charge in [-0.15, -0.1) is 0 Å². The van der Waals surface area contributed by atoms with Crippen molar-refractivity contribution in [2.24, 2.45) is 0 Å². The summed E-state index contributed by atoms with van der Waals surface area (Å²) in [4.78, 5) is 36.5. The van der Waals surface area contributed by atoms with E-state index >= 15 is 0 Å². The highest BCUT2D eigenvalue weighted by atomic mass is 16.4. The number of carboxylic acid groups (broad SMARTS) is 1. The van der Waals surface area contributed by atoms with Gasteiger partial charge in [-0.2, -0.15) is 0 Å². The average Bonchev–Trinajstić information content (AvgIpc) is 2.75. The Hall–Kier alpha value is -4.19. The fourth-order valence-corrected chi connectivity index (χ4v) is 3.34. The fourth-order valence-electron chi connectivity index (χ4n) is 3.34. The lowest BCUT2D eigenvalue weighted by molar-refractivity contribution is 0.0698. The first-order chi connectivity index (χ1) is 14.8. The second-order valence-corrected chi connectivity index (χ2v) is 7.36. The SMILES string of the molecule is Cc1ccc(NC(=O)c2ccc(-c3cc(=O)c4cc(C)ccc4o3)cc2)c(C(=O)O)c1. The molecule has 6 heteroatoms. The Kier molecular flexibility index (Phi) is 5.13. The smallest absolute Gasteiger partial charge is 0.337 e. The monoisotopic (exact) mass is 413 g/mol. The van der Waals surface area contributed by atoms with Crippen LogP contribution in [0.3, 0.4) is 0 Å². The molecule has 1 heterocycles. The van der Waals surface area contributed by atoms with Crippen molar-refractivity contribution in [3.8, 4) is 11.3 Å². The number of amides is 1. The van der Waals surface area contributed by atoms with Gasteiger partial charge in [-0.1, -0.05) is 35.4 Å². The number of nitrogens with one attached hydrogen (secondary N) is 1. The minimum atomic E-state index is -1.11. The number of rotatable bonds is 4. The molecule has 0 fully saturated rings. The highest BCUT2D eigenvalue weighted by molar-refractivity contribution is 6.08. The minimum Gasteiger partial charge on any atom is -0.478 e. The molecule has 0 atom stereocenters. The van der Waals surface area contributed by atoms with E-state index in [9.17, 15) is 19.5 Å². The molecule has 0 aliphatic rings. The van der Waals surface area contributed by atoms with Crippen LogP contribution in [0, 0.1) is 13.8 Å². The molecular weight excluding hydrogens is 394 g/mol. The van der Waals surface area contributed by atoms with E-state index in [1.165, 1.54) is 12.1 Å². The van der Waals surface area contributed by atoms with Crippen LogP contribution >= 0.6 is 0 Å². The number of hydrogen-bond acceptors (Lipinski definition) is 4. The van der Waals surface area contributed by atoms with Crippen LogP contribution in [0.5, 0.6) is 0 Å². The Morgan fingerprint density at radius 2 is 1.55 bits per heavy atom. The van der Waals surface area contributed by atoms with Crippen LogP contribution in [0.2, 0.25) is 0 Å². The highest BCUT2D eigenvalue weighted by Gasteiger charge is 2.14. The first-order valence-electron chi connectivity index (χ1n) is 9.62. The van der Waals surface area contributed by atoms with E-state index in [1.807, 2.05) is 13.0 Å². The number of benzene rings is 3. The molecule has 2 N–H and O–H groups in total. The van der Waals surface area contributed by atoms with Crippen LogP contribution in [0.25, 0.3) is 22.3 Å². The third-order valence-corrected chi connectivity index (χ3v) is 4.97. The molecular formula is C25H19NO5. The zero-order valence-electron chi connectivity index (χ0n) is 16.9. The summed E-state index contributed by atoms with van der Waals surface area (Å²) in [6.07, 6.45) is 0. The van der Waals surface area contributed by atoms with Crippen molar-refractivity contribution in [2.45, 2.75) is 13.8 Å². The molecule has 4 aromatic rings. The van der Waals surface area contributed by atoms with E-state index in [0.717, 1.165) is 11.1 Å². The molecule has 6 nitrogen and oxygen atoms in total. The molecule has 3 aromatic carbocycles. The van der Waals surface area contributed by atoms with Gasteiger partial charge in [0.1, 0.15) is 11.3 Å². The van der Waals surface area contributed by atoms with Gasteiger partial charge in [0.05, 0.1) is 16.6 Å². The first-order valence-corrected chi connectivity index (χ1v) is 9.62. The van der Waals surface area contributed by atoms with E-state index < -0.39 is 11.9 Å². The van der Waals surface area contributed by atoms with Crippen LogP contribution in [0.4, 0.5) is 5.69 Å². The predicted octanol–water partition coefficient (Wildman–Crippen LogP) is 5.03. The molecule has 0 aliphatic carbocycles. The zero-order chi connectivity index (χ0) is 22.1. The van der Waals surface area contributed by atoms with Gasteiger partial charge in [0.25, 0.3) is 5.91 Å². The number of carboxylic acids is 1. The van der Waals surface area contributed by atoms with Crippen LogP contribution in [0.15, 0.2) is 75.9 Å². The summed E-state index contributed by atoms with van der Waals surface area (Å²) in [5.41, 5.74) is 3.37. The summed E-state index contributed by atoms with van der Waals surface area (Å²) < 4.78 is 5.87. The van der Waals surface area contributed by atoms with Gasteiger partial charge >= 0.3 is 5.97 Å². The van der Waals surface area contributed by atoms with E-state index in [2.05, 4.69) is 5.32 Å². The summed E-state index contributed by atoms with van der Waals surface area (Å²) >= 11 is 0. The molecule has 1 amide bonds. The largest absolute Gasteiger partial charge is 0.478 e. The lowest BCUT2D eigenvalue weighted by Crippen LogP contribution is -2.15. The van der Waals surface area contributed by atoms with Crippen LogP contribution in [-0.2, 0) is 0 Å².